The number of pyridine rings is 1. The summed E-state index contributed by atoms with van der Waals surface area (Å²) in [6.45, 7) is 3.02. The number of benzene rings is 2. The van der Waals surface area contributed by atoms with Crippen molar-refractivity contribution < 1.29 is 9.59 Å². The molecule has 0 aliphatic rings. The monoisotopic (exact) mass is 440 g/mol. The number of aromatic amines is 1. The van der Waals surface area contributed by atoms with Gasteiger partial charge in [-0.05, 0) is 55.7 Å². The number of rotatable bonds is 9. The summed E-state index contributed by atoms with van der Waals surface area (Å²) in [6.07, 6.45) is 4.80. The van der Waals surface area contributed by atoms with Crippen molar-refractivity contribution in [3.8, 4) is 0 Å². The highest BCUT2D eigenvalue weighted by Crippen LogP contribution is 2.22. The van der Waals surface area contributed by atoms with Gasteiger partial charge in [0, 0.05) is 48.0 Å². The summed E-state index contributed by atoms with van der Waals surface area (Å²) in [5, 5.41) is 3.87. The third kappa shape index (κ3) is 5.29. The second kappa shape index (κ2) is 10.6. The molecule has 0 fully saturated rings. The maximum atomic E-state index is 13.7. The van der Waals surface area contributed by atoms with E-state index < -0.39 is 0 Å². The molecule has 2 N–H and O–H groups in total. The Kier molecular flexibility index (Phi) is 7.15. The van der Waals surface area contributed by atoms with Crippen LogP contribution in [0.1, 0.15) is 39.8 Å². The zero-order valence-corrected chi connectivity index (χ0v) is 18.7. The van der Waals surface area contributed by atoms with Crippen molar-refractivity contribution >= 4 is 22.7 Å². The first-order valence-electron chi connectivity index (χ1n) is 11.3. The van der Waals surface area contributed by atoms with Crippen molar-refractivity contribution in [3.63, 3.8) is 0 Å². The van der Waals surface area contributed by atoms with Crippen LogP contribution in [0.2, 0.25) is 0 Å². The number of H-pyrrole nitrogens is 1. The maximum absolute atomic E-state index is 13.7. The summed E-state index contributed by atoms with van der Waals surface area (Å²) in [6, 6.07) is 23.0. The van der Waals surface area contributed by atoms with Crippen molar-refractivity contribution in [1.29, 1.82) is 0 Å². The number of amides is 2. The molecule has 33 heavy (non-hydrogen) atoms. The number of nitrogens with zero attached hydrogens (tertiary/aromatic N) is 2. The first kappa shape index (κ1) is 22.3. The molecule has 2 amide bonds. The van der Waals surface area contributed by atoms with Gasteiger partial charge in [0.05, 0.1) is 0 Å². The Morgan fingerprint density at radius 1 is 1.00 bits per heavy atom. The molecule has 0 spiro atoms. The van der Waals surface area contributed by atoms with Gasteiger partial charge in [-0.15, -0.1) is 0 Å². The zero-order chi connectivity index (χ0) is 23.0. The average molecular weight is 441 g/mol. The summed E-state index contributed by atoms with van der Waals surface area (Å²) in [7, 11) is 0. The van der Waals surface area contributed by atoms with Gasteiger partial charge < -0.3 is 15.2 Å². The maximum Gasteiger partial charge on any atom is 0.269 e. The number of hydrogen-bond donors (Lipinski definition) is 2. The van der Waals surface area contributed by atoms with E-state index in [0.29, 0.717) is 37.2 Å². The van der Waals surface area contributed by atoms with Crippen LogP contribution in [0.15, 0.2) is 85.2 Å². The number of fused-ring (bicyclic) bond motifs is 1. The lowest BCUT2D eigenvalue weighted by molar-refractivity contribution is 0.0681. The van der Waals surface area contributed by atoms with E-state index in [9.17, 15) is 9.59 Å². The fourth-order valence-electron chi connectivity index (χ4n) is 4.19. The van der Waals surface area contributed by atoms with E-state index in [1.165, 1.54) is 0 Å². The van der Waals surface area contributed by atoms with Crippen molar-refractivity contribution in [3.05, 3.63) is 102 Å². The summed E-state index contributed by atoms with van der Waals surface area (Å²) in [5.41, 5.74) is 3.18. The molecule has 0 aliphatic carbocycles. The smallest absolute Gasteiger partial charge is 0.269 e. The van der Waals surface area contributed by atoms with E-state index in [1.54, 1.807) is 24.4 Å². The van der Waals surface area contributed by atoms with Crippen molar-refractivity contribution in [2.45, 2.75) is 25.8 Å². The van der Waals surface area contributed by atoms with Gasteiger partial charge in [-0.2, -0.15) is 0 Å². The molecular weight excluding hydrogens is 412 g/mol. The Hall–Kier alpha value is -3.93. The quantitative estimate of drug-likeness (QED) is 0.403. The molecule has 0 aliphatic heterocycles. The molecule has 6 nitrogen and oxygen atoms in total. The molecule has 0 saturated heterocycles. The van der Waals surface area contributed by atoms with Gasteiger partial charge >= 0.3 is 0 Å². The first-order chi connectivity index (χ1) is 16.2. The molecule has 4 aromatic rings. The lowest BCUT2D eigenvalue weighted by Crippen LogP contribution is -2.43. The molecular formula is C27H28N4O2. The highest BCUT2D eigenvalue weighted by atomic mass is 16.2. The SMILES string of the molecule is CCN(C(=O)c1cccc2[nH]ccc12)C(CCNC(=O)c1ccccn1)Cc1ccccc1. The highest BCUT2D eigenvalue weighted by Gasteiger charge is 2.25. The highest BCUT2D eigenvalue weighted by molar-refractivity contribution is 6.06. The van der Waals surface area contributed by atoms with Gasteiger partial charge in [-0.25, -0.2) is 0 Å². The van der Waals surface area contributed by atoms with Gasteiger partial charge in [0.25, 0.3) is 11.8 Å². The standard InChI is InChI=1S/C27H28N4O2/c1-2-31(27(33)23-11-8-13-24-22(23)15-18-29-24)21(19-20-9-4-3-5-10-20)14-17-30-26(32)25-12-6-7-16-28-25/h3-13,15-16,18,21,29H,2,14,17,19H2,1H3,(H,30,32). The molecule has 2 heterocycles. The molecule has 2 aromatic carbocycles. The van der Waals surface area contributed by atoms with E-state index in [4.69, 9.17) is 0 Å². The van der Waals surface area contributed by atoms with Crippen LogP contribution in [0.3, 0.4) is 0 Å². The molecule has 2 aromatic heterocycles. The third-order valence-electron chi connectivity index (χ3n) is 5.84. The topological polar surface area (TPSA) is 78.1 Å². The summed E-state index contributed by atoms with van der Waals surface area (Å²) in [4.78, 5) is 35.3. The number of likely N-dealkylation sites (N-methyl/N-ethyl adjacent to an activating group) is 1. The fraction of sp³-hybridized carbons (Fsp3) is 0.222. The average Bonchev–Trinajstić information content (AvgIpc) is 3.34. The minimum Gasteiger partial charge on any atom is -0.361 e. The number of nitrogens with one attached hydrogen (secondary N) is 2. The molecule has 0 saturated carbocycles. The Morgan fingerprint density at radius 3 is 2.58 bits per heavy atom. The molecule has 4 rings (SSSR count). The van der Waals surface area contributed by atoms with E-state index in [1.807, 2.05) is 60.5 Å². The third-order valence-corrected chi connectivity index (χ3v) is 5.84. The number of aromatic nitrogens is 2. The second-order valence-corrected chi connectivity index (χ2v) is 7.94. The fourth-order valence-corrected chi connectivity index (χ4v) is 4.19. The van der Waals surface area contributed by atoms with Crippen LogP contribution >= 0.6 is 0 Å². The van der Waals surface area contributed by atoms with E-state index in [2.05, 4.69) is 27.4 Å². The van der Waals surface area contributed by atoms with Gasteiger partial charge in [0.2, 0.25) is 0 Å². The predicted molar refractivity (Wildman–Crippen MR) is 130 cm³/mol. The summed E-state index contributed by atoms with van der Waals surface area (Å²) >= 11 is 0. The molecule has 1 atom stereocenters. The molecule has 0 radical (unpaired) electrons. The Bertz CT molecular complexity index is 1200. The van der Waals surface area contributed by atoms with E-state index in [-0.39, 0.29) is 17.9 Å². The normalized spacial score (nSPS) is 11.8. The number of carbonyl (C=O) groups excluding carboxylic acids is 2. The van der Waals surface area contributed by atoms with Crippen LogP contribution in [0.5, 0.6) is 0 Å². The van der Waals surface area contributed by atoms with E-state index in [0.717, 1.165) is 16.5 Å². The Morgan fingerprint density at radius 2 is 1.82 bits per heavy atom. The van der Waals surface area contributed by atoms with Crippen LogP contribution in [0, 0.1) is 0 Å². The molecule has 1 unspecified atom stereocenters. The van der Waals surface area contributed by atoms with E-state index >= 15 is 0 Å². The zero-order valence-electron chi connectivity index (χ0n) is 18.7. The van der Waals surface area contributed by atoms with Crippen molar-refractivity contribution in [1.82, 2.24) is 20.2 Å². The van der Waals surface area contributed by atoms with Gasteiger partial charge in [0.1, 0.15) is 5.69 Å². The largest absolute Gasteiger partial charge is 0.361 e. The van der Waals surface area contributed by atoms with Crippen molar-refractivity contribution in [2.24, 2.45) is 0 Å². The second-order valence-electron chi connectivity index (χ2n) is 7.94. The van der Waals surface area contributed by atoms with Gasteiger partial charge in [0.15, 0.2) is 0 Å². The minimum absolute atomic E-state index is 0.000293. The Labute approximate surface area is 193 Å². The number of hydrogen-bond acceptors (Lipinski definition) is 3. The van der Waals surface area contributed by atoms with Crippen LogP contribution in [-0.2, 0) is 6.42 Å². The van der Waals surface area contributed by atoms with Crippen LogP contribution < -0.4 is 5.32 Å². The predicted octanol–water partition coefficient (Wildman–Crippen LogP) is 4.46. The lowest BCUT2D eigenvalue weighted by Gasteiger charge is -2.31. The number of carbonyl (C=O) groups is 2. The Balaban J connectivity index is 1.53. The van der Waals surface area contributed by atoms with Gasteiger partial charge in [-0.1, -0.05) is 42.5 Å². The first-order valence-corrected chi connectivity index (χ1v) is 11.3. The summed E-state index contributed by atoms with van der Waals surface area (Å²) in [5.74, 6) is -0.208. The summed E-state index contributed by atoms with van der Waals surface area (Å²) < 4.78 is 0. The molecule has 168 valence electrons. The minimum atomic E-state index is -0.208. The molecule has 6 heteroatoms. The van der Waals surface area contributed by atoms with Crippen LogP contribution in [0.25, 0.3) is 10.9 Å². The van der Waals surface area contributed by atoms with Crippen molar-refractivity contribution in [2.75, 3.05) is 13.1 Å². The van der Waals surface area contributed by atoms with Crippen LogP contribution in [0.4, 0.5) is 0 Å². The molecule has 0 bridgehead atoms. The lowest BCUT2D eigenvalue weighted by atomic mass is 10.00. The van der Waals surface area contributed by atoms with Crippen LogP contribution in [-0.4, -0.2) is 45.8 Å². The van der Waals surface area contributed by atoms with Gasteiger partial charge in [-0.3, -0.25) is 14.6 Å².